The molecule has 0 bridgehead atoms. The van der Waals surface area contributed by atoms with Crippen molar-refractivity contribution in [2.24, 2.45) is 0 Å². The van der Waals surface area contributed by atoms with Crippen molar-refractivity contribution in [3.8, 4) is 5.75 Å². The Bertz CT molecular complexity index is 647. The lowest BCUT2D eigenvalue weighted by atomic mass is 10.2. The summed E-state index contributed by atoms with van der Waals surface area (Å²) in [6, 6.07) is 9.39. The van der Waals surface area contributed by atoms with Gasteiger partial charge in [0.1, 0.15) is 5.75 Å². The highest BCUT2D eigenvalue weighted by atomic mass is 79.9. The molecular formula is C13H8BrCl2NO2. The zero-order chi connectivity index (χ0) is 14.0. The number of amides is 1. The molecule has 0 atom stereocenters. The molecule has 19 heavy (non-hydrogen) atoms. The van der Waals surface area contributed by atoms with E-state index in [1.165, 1.54) is 12.1 Å². The highest BCUT2D eigenvalue weighted by Crippen LogP contribution is 2.27. The number of benzene rings is 2. The van der Waals surface area contributed by atoms with Gasteiger partial charge in [0.2, 0.25) is 0 Å². The van der Waals surface area contributed by atoms with Crippen molar-refractivity contribution in [2.75, 3.05) is 5.32 Å². The van der Waals surface area contributed by atoms with E-state index in [-0.39, 0.29) is 16.7 Å². The summed E-state index contributed by atoms with van der Waals surface area (Å²) >= 11 is 14.8. The molecule has 0 radical (unpaired) electrons. The number of aromatic hydroxyl groups is 1. The van der Waals surface area contributed by atoms with Crippen LogP contribution in [0.2, 0.25) is 10.0 Å². The van der Waals surface area contributed by atoms with Crippen molar-refractivity contribution in [3.63, 3.8) is 0 Å². The third-order valence-electron chi connectivity index (χ3n) is 2.38. The number of anilines is 1. The topological polar surface area (TPSA) is 49.3 Å². The predicted molar refractivity (Wildman–Crippen MR) is 80.2 cm³/mol. The van der Waals surface area contributed by atoms with E-state index in [0.717, 1.165) is 0 Å². The average molecular weight is 361 g/mol. The van der Waals surface area contributed by atoms with Crippen molar-refractivity contribution in [3.05, 3.63) is 56.5 Å². The maximum atomic E-state index is 12.1. The molecule has 1 amide bonds. The monoisotopic (exact) mass is 359 g/mol. The molecule has 0 unspecified atom stereocenters. The second kappa shape index (κ2) is 5.82. The lowest BCUT2D eigenvalue weighted by molar-refractivity contribution is 0.102. The molecule has 0 aromatic heterocycles. The van der Waals surface area contributed by atoms with Crippen LogP contribution in [-0.4, -0.2) is 11.0 Å². The van der Waals surface area contributed by atoms with E-state index in [4.69, 9.17) is 23.2 Å². The zero-order valence-corrected chi connectivity index (χ0v) is 12.6. The van der Waals surface area contributed by atoms with Crippen LogP contribution in [0.5, 0.6) is 5.75 Å². The van der Waals surface area contributed by atoms with Gasteiger partial charge >= 0.3 is 0 Å². The standard InChI is InChI=1S/C13H8BrCl2NO2/c14-10-3-1-7(15)5-9(10)13(19)17-8-2-4-11(16)12(18)6-8/h1-6,18H,(H,17,19). The van der Waals surface area contributed by atoms with Gasteiger partial charge in [-0.05, 0) is 46.3 Å². The SMILES string of the molecule is O=C(Nc1ccc(Cl)c(O)c1)c1cc(Cl)ccc1Br. The molecule has 3 nitrogen and oxygen atoms in total. The van der Waals surface area contributed by atoms with E-state index >= 15 is 0 Å². The number of phenolic OH excluding ortho intramolecular Hbond substituents is 1. The molecule has 98 valence electrons. The number of halogens is 3. The largest absolute Gasteiger partial charge is 0.506 e. The molecule has 0 aliphatic rings. The quantitative estimate of drug-likeness (QED) is 0.814. The summed E-state index contributed by atoms with van der Waals surface area (Å²) in [4.78, 5) is 12.1. The van der Waals surface area contributed by atoms with E-state index in [9.17, 15) is 9.90 Å². The van der Waals surface area contributed by atoms with Crippen LogP contribution in [-0.2, 0) is 0 Å². The summed E-state index contributed by atoms with van der Waals surface area (Å²) in [5.41, 5.74) is 0.848. The fourth-order valence-electron chi connectivity index (χ4n) is 1.46. The number of rotatable bonds is 2. The lowest BCUT2D eigenvalue weighted by Crippen LogP contribution is -2.12. The van der Waals surface area contributed by atoms with Crippen LogP contribution in [0, 0.1) is 0 Å². The van der Waals surface area contributed by atoms with E-state index in [2.05, 4.69) is 21.2 Å². The fraction of sp³-hybridized carbons (Fsp3) is 0. The highest BCUT2D eigenvalue weighted by molar-refractivity contribution is 9.10. The van der Waals surface area contributed by atoms with Crippen molar-refractivity contribution >= 4 is 50.7 Å². The Hall–Kier alpha value is -1.23. The van der Waals surface area contributed by atoms with Gasteiger partial charge in [0.15, 0.2) is 0 Å². The Kier molecular flexibility index (Phi) is 4.34. The Morgan fingerprint density at radius 1 is 1.16 bits per heavy atom. The van der Waals surface area contributed by atoms with Crippen LogP contribution in [0.25, 0.3) is 0 Å². The van der Waals surface area contributed by atoms with Crippen LogP contribution in [0.4, 0.5) is 5.69 Å². The first-order valence-electron chi connectivity index (χ1n) is 5.22. The normalized spacial score (nSPS) is 10.3. The molecule has 0 saturated carbocycles. The minimum absolute atomic E-state index is 0.0929. The highest BCUT2D eigenvalue weighted by Gasteiger charge is 2.11. The number of carbonyl (C=O) groups excluding carboxylic acids is 1. The summed E-state index contributed by atoms with van der Waals surface area (Å²) < 4.78 is 0.632. The van der Waals surface area contributed by atoms with Crippen molar-refractivity contribution in [1.29, 1.82) is 0 Å². The predicted octanol–water partition coefficient (Wildman–Crippen LogP) is 4.71. The molecule has 0 spiro atoms. The summed E-state index contributed by atoms with van der Waals surface area (Å²) in [6.07, 6.45) is 0. The Balaban J connectivity index is 2.25. The lowest BCUT2D eigenvalue weighted by Gasteiger charge is -2.08. The second-order valence-electron chi connectivity index (χ2n) is 3.74. The van der Waals surface area contributed by atoms with Crippen molar-refractivity contribution in [2.45, 2.75) is 0 Å². The van der Waals surface area contributed by atoms with E-state index < -0.39 is 0 Å². The number of carbonyl (C=O) groups is 1. The molecule has 2 aromatic rings. The third kappa shape index (κ3) is 3.41. The number of phenols is 1. The van der Waals surface area contributed by atoms with Gasteiger partial charge in [0.05, 0.1) is 10.6 Å². The first-order chi connectivity index (χ1) is 8.97. The molecular weight excluding hydrogens is 353 g/mol. The number of hydrogen-bond acceptors (Lipinski definition) is 2. The summed E-state index contributed by atoms with van der Waals surface area (Å²) in [6.45, 7) is 0. The summed E-state index contributed by atoms with van der Waals surface area (Å²) in [5, 5.41) is 12.8. The van der Waals surface area contributed by atoms with Crippen LogP contribution >= 0.6 is 39.1 Å². The van der Waals surface area contributed by atoms with Crippen molar-refractivity contribution < 1.29 is 9.90 Å². The smallest absolute Gasteiger partial charge is 0.256 e. The van der Waals surface area contributed by atoms with Gasteiger partial charge in [0, 0.05) is 21.2 Å². The fourth-order valence-corrected chi connectivity index (χ4v) is 2.18. The molecule has 0 aliphatic heterocycles. The van der Waals surface area contributed by atoms with Crippen LogP contribution in [0.3, 0.4) is 0 Å². The Labute approximate surface area is 128 Å². The van der Waals surface area contributed by atoms with Crippen molar-refractivity contribution in [1.82, 2.24) is 0 Å². The molecule has 2 aromatic carbocycles. The Morgan fingerprint density at radius 2 is 1.89 bits per heavy atom. The zero-order valence-electron chi connectivity index (χ0n) is 9.45. The third-order valence-corrected chi connectivity index (χ3v) is 3.62. The minimum atomic E-state index is -0.337. The van der Waals surface area contributed by atoms with Crippen LogP contribution in [0.15, 0.2) is 40.9 Å². The average Bonchev–Trinajstić information content (AvgIpc) is 2.36. The first kappa shape index (κ1) is 14.2. The van der Waals surface area contributed by atoms with E-state index in [1.807, 2.05) is 0 Å². The van der Waals surface area contributed by atoms with Gasteiger partial charge < -0.3 is 10.4 Å². The molecule has 0 aliphatic carbocycles. The molecule has 2 rings (SSSR count). The van der Waals surface area contributed by atoms with Crippen LogP contribution in [0.1, 0.15) is 10.4 Å². The summed E-state index contributed by atoms with van der Waals surface area (Å²) in [7, 11) is 0. The van der Waals surface area contributed by atoms with Gasteiger partial charge in [-0.1, -0.05) is 23.2 Å². The van der Waals surface area contributed by atoms with E-state index in [0.29, 0.717) is 20.7 Å². The molecule has 0 heterocycles. The van der Waals surface area contributed by atoms with E-state index in [1.54, 1.807) is 24.3 Å². The van der Waals surface area contributed by atoms with Gasteiger partial charge in [-0.15, -0.1) is 0 Å². The molecule has 0 saturated heterocycles. The van der Waals surface area contributed by atoms with Gasteiger partial charge in [0.25, 0.3) is 5.91 Å². The molecule has 2 N–H and O–H groups in total. The maximum absolute atomic E-state index is 12.1. The maximum Gasteiger partial charge on any atom is 0.256 e. The van der Waals surface area contributed by atoms with Gasteiger partial charge in [-0.2, -0.15) is 0 Å². The van der Waals surface area contributed by atoms with Gasteiger partial charge in [-0.3, -0.25) is 4.79 Å². The van der Waals surface area contributed by atoms with Crippen LogP contribution < -0.4 is 5.32 Å². The Morgan fingerprint density at radius 3 is 2.58 bits per heavy atom. The number of hydrogen-bond donors (Lipinski definition) is 2. The molecule has 6 heteroatoms. The second-order valence-corrected chi connectivity index (χ2v) is 5.44. The molecule has 0 fully saturated rings. The minimum Gasteiger partial charge on any atom is -0.506 e. The van der Waals surface area contributed by atoms with Gasteiger partial charge in [-0.25, -0.2) is 0 Å². The first-order valence-corrected chi connectivity index (χ1v) is 6.77. The number of nitrogens with one attached hydrogen (secondary N) is 1. The summed E-state index contributed by atoms with van der Waals surface area (Å²) in [5.74, 6) is -0.430.